The van der Waals surface area contributed by atoms with Gasteiger partial charge in [0.1, 0.15) is 0 Å². The van der Waals surface area contributed by atoms with Gasteiger partial charge in [-0.3, -0.25) is 4.79 Å². The third kappa shape index (κ3) is 5.17. The van der Waals surface area contributed by atoms with Crippen LogP contribution in [0.25, 0.3) is 0 Å². The first kappa shape index (κ1) is 14.4. The van der Waals surface area contributed by atoms with Crippen molar-refractivity contribution in [2.45, 2.75) is 72.0 Å². The summed E-state index contributed by atoms with van der Waals surface area (Å²) in [5.41, 5.74) is 0.0632. The van der Waals surface area contributed by atoms with Crippen molar-refractivity contribution in [2.75, 3.05) is 0 Å². The molecule has 0 fully saturated rings. The van der Waals surface area contributed by atoms with E-state index in [1.54, 1.807) is 0 Å². The van der Waals surface area contributed by atoms with Crippen LogP contribution in [0.15, 0.2) is 0 Å². The molecule has 3 nitrogen and oxygen atoms in total. The molecule has 0 aliphatic heterocycles. The lowest BCUT2D eigenvalue weighted by atomic mass is 9.94. The summed E-state index contributed by atoms with van der Waals surface area (Å²) in [6.07, 6.45) is 2.06. The van der Waals surface area contributed by atoms with E-state index in [9.17, 15) is 4.79 Å². The van der Waals surface area contributed by atoms with Crippen molar-refractivity contribution in [3.05, 3.63) is 0 Å². The average molecular weight is 214 g/mol. The Hall–Kier alpha value is -0.570. The minimum absolute atomic E-state index is 0.0632. The first-order chi connectivity index (χ1) is 6.84. The molecule has 15 heavy (non-hydrogen) atoms. The first-order valence-corrected chi connectivity index (χ1v) is 5.92. The quantitative estimate of drug-likeness (QED) is 0.710. The molecule has 0 aromatic heterocycles. The topological polar surface area (TPSA) is 41.1 Å². The van der Waals surface area contributed by atoms with Crippen LogP contribution < -0.4 is 10.6 Å². The molecule has 1 amide bonds. The second-order valence-corrected chi connectivity index (χ2v) is 4.80. The van der Waals surface area contributed by atoms with Gasteiger partial charge >= 0.3 is 0 Å². The summed E-state index contributed by atoms with van der Waals surface area (Å²) in [4.78, 5) is 11.7. The number of carbonyl (C=O) groups is 1. The Balaban J connectivity index is 4.22. The summed E-state index contributed by atoms with van der Waals surface area (Å²) in [5, 5.41) is 6.30. The van der Waals surface area contributed by atoms with Gasteiger partial charge in [0.2, 0.25) is 5.91 Å². The Kier molecular flexibility index (Phi) is 5.88. The molecule has 2 N–H and O–H groups in total. The van der Waals surface area contributed by atoms with Crippen molar-refractivity contribution in [2.24, 2.45) is 0 Å². The van der Waals surface area contributed by atoms with Gasteiger partial charge in [-0.1, -0.05) is 13.8 Å². The van der Waals surface area contributed by atoms with Crippen LogP contribution in [-0.2, 0) is 4.79 Å². The van der Waals surface area contributed by atoms with Crippen LogP contribution in [0.5, 0.6) is 0 Å². The van der Waals surface area contributed by atoms with Crippen molar-refractivity contribution in [1.29, 1.82) is 0 Å². The van der Waals surface area contributed by atoms with Crippen LogP contribution in [0.4, 0.5) is 0 Å². The third-order valence-electron chi connectivity index (χ3n) is 2.95. The second-order valence-electron chi connectivity index (χ2n) is 4.80. The van der Waals surface area contributed by atoms with E-state index < -0.39 is 0 Å². The van der Waals surface area contributed by atoms with Crippen LogP contribution in [0, 0.1) is 0 Å². The molecule has 0 saturated carbocycles. The highest BCUT2D eigenvalue weighted by atomic mass is 16.2. The van der Waals surface area contributed by atoms with Crippen LogP contribution in [-0.4, -0.2) is 23.5 Å². The van der Waals surface area contributed by atoms with E-state index in [1.807, 2.05) is 20.8 Å². The third-order valence-corrected chi connectivity index (χ3v) is 2.95. The Morgan fingerprint density at radius 2 is 1.67 bits per heavy atom. The minimum atomic E-state index is -0.128. The molecule has 0 aromatic rings. The molecule has 0 heterocycles. The molecular formula is C12H26N2O. The summed E-state index contributed by atoms with van der Waals surface area (Å²) in [6, 6.07) is 0.0774. The van der Waals surface area contributed by atoms with Gasteiger partial charge in [-0.05, 0) is 40.5 Å². The lowest BCUT2D eigenvalue weighted by molar-refractivity contribution is -0.123. The van der Waals surface area contributed by atoms with Gasteiger partial charge in [-0.25, -0.2) is 0 Å². The molecule has 0 aromatic carbocycles. The van der Waals surface area contributed by atoms with Gasteiger partial charge in [0.25, 0.3) is 0 Å². The van der Waals surface area contributed by atoms with E-state index in [4.69, 9.17) is 0 Å². The number of hydrogen-bond donors (Lipinski definition) is 2. The number of amides is 1. The predicted molar refractivity (Wildman–Crippen MR) is 64.9 cm³/mol. The summed E-state index contributed by atoms with van der Waals surface area (Å²) in [6.45, 7) is 12.3. The fraction of sp³-hybridized carbons (Fsp3) is 0.917. The van der Waals surface area contributed by atoms with Gasteiger partial charge in [-0.2, -0.15) is 0 Å². The summed E-state index contributed by atoms with van der Waals surface area (Å²) >= 11 is 0. The molecule has 0 spiro atoms. The predicted octanol–water partition coefficient (Wildman–Crippen LogP) is 2.07. The Bertz CT molecular complexity index is 198. The molecule has 1 atom stereocenters. The molecule has 0 rings (SSSR count). The van der Waals surface area contributed by atoms with Gasteiger partial charge < -0.3 is 10.6 Å². The van der Waals surface area contributed by atoms with Crippen LogP contribution >= 0.6 is 0 Å². The summed E-state index contributed by atoms with van der Waals surface area (Å²) in [7, 11) is 0. The molecule has 0 aliphatic rings. The van der Waals surface area contributed by atoms with E-state index in [-0.39, 0.29) is 23.5 Å². The Morgan fingerprint density at radius 1 is 1.20 bits per heavy atom. The number of nitrogens with one attached hydrogen (secondary N) is 2. The lowest BCUT2D eigenvalue weighted by Gasteiger charge is -2.31. The summed E-state index contributed by atoms with van der Waals surface area (Å²) in [5.74, 6) is 0.0816. The zero-order valence-electron chi connectivity index (χ0n) is 11.0. The number of rotatable bonds is 6. The van der Waals surface area contributed by atoms with Crippen molar-refractivity contribution in [3.63, 3.8) is 0 Å². The Labute approximate surface area is 94.0 Å². The van der Waals surface area contributed by atoms with E-state index in [2.05, 4.69) is 31.4 Å². The van der Waals surface area contributed by atoms with E-state index in [0.29, 0.717) is 0 Å². The first-order valence-electron chi connectivity index (χ1n) is 5.92. The molecule has 1 unspecified atom stereocenters. The number of carbonyl (C=O) groups excluding carboxylic acids is 1. The minimum Gasteiger partial charge on any atom is -0.353 e. The number of hydrogen-bond acceptors (Lipinski definition) is 2. The van der Waals surface area contributed by atoms with Crippen molar-refractivity contribution in [3.8, 4) is 0 Å². The van der Waals surface area contributed by atoms with Crippen molar-refractivity contribution >= 4 is 5.91 Å². The van der Waals surface area contributed by atoms with Gasteiger partial charge in [0.05, 0.1) is 6.04 Å². The van der Waals surface area contributed by atoms with Crippen LogP contribution in [0.1, 0.15) is 54.4 Å². The second kappa shape index (κ2) is 6.11. The molecule has 3 heteroatoms. The van der Waals surface area contributed by atoms with Crippen molar-refractivity contribution in [1.82, 2.24) is 10.6 Å². The maximum absolute atomic E-state index is 11.7. The molecular weight excluding hydrogens is 188 g/mol. The maximum Gasteiger partial charge on any atom is 0.237 e. The van der Waals surface area contributed by atoms with Crippen molar-refractivity contribution < 1.29 is 4.79 Å². The zero-order valence-corrected chi connectivity index (χ0v) is 11.0. The lowest BCUT2D eigenvalue weighted by Crippen LogP contribution is -2.53. The maximum atomic E-state index is 11.7. The zero-order chi connectivity index (χ0) is 12.1. The van der Waals surface area contributed by atoms with Crippen LogP contribution in [0.3, 0.4) is 0 Å². The highest BCUT2D eigenvalue weighted by molar-refractivity contribution is 5.81. The van der Waals surface area contributed by atoms with Gasteiger partial charge in [-0.15, -0.1) is 0 Å². The molecule has 0 radical (unpaired) electrons. The fourth-order valence-electron chi connectivity index (χ4n) is 1.45. The average Bonchev–Trinajstić information content (AvgIpc) is 2.16. The molecule has 0 bridgehead atoms. The molecule has 90 valence electrons. The smallest absolute Gasteiger partial charge is 0.237 e. The van der Waals surface area contributed by atoms with Crippen LogP contribution in [0.2, 0.25) is 0 Å². The van der Waals surface area contributed by atoms with E-state index in [0.717, 1.165) is 12.8 Å². The molecule has 0 aliphatic carbocycles. The normalized spacial score (nSPS) is 14.1. The molecule has 0 saturated heterocycles. The highest BCUT2D eigenvalue weighted by Crippen LogP contribution is 2.14. The Morgan fingerprint density at radius 3 is 2.00 bits per heavy atom. The van der Waals surface area contributed by atoms with E-state index >= 15 is 0 Å². The largest absolute Gasteiger partial charge is 0.353 e. The van der Waals surface area contributed by atoms with Gasteiger partial charge in [0, 0.05) is 11.6 Å². The monoisotopic (exact) mass is 214 g/mol. The van der Waals surface area contributed by atoms with E-state index in [1.165, 1.54) is 0 Å². The highest BCUT2D eigenvalue weighted by Gasteiger charge is 2.24. The summed E-state index contributed by atoms with van der Waals surface area (Å²) < 4.78 is 0. The SMILES string of the molecule is CCC(C)(CC)NC(C)C(=O)NC(C)C. The fourth-order valence-corrected chi connectivity index (χ4v) is 1.45. The van der Waals surface area contributed by atoms with Gasteiger partial charge in [0.15, 0.2) is 0 Å². The standard InChI is InChI=1S/C12H26N2O/c1-7-12(6,8-2)14-10(5)11(15)13-9(3)4/h9-10,14H,7-8H2,1-6H3,(H,13,15).